The van der Waals surface area contributed by atoms with Gasteiger partial charge in [-0.05, 0) is 45.0 Å². The van der Waals surface area contributed by atoms with Crippen LogP contribution in [0.4, 0.5) is 10.1 Å². The van der Waals surface area contributed by atoms with Crippen LogP contribution in [-0.2, 0) is 9.53 Å². The summed E-state index contributed by atoms with van der Waals surface area (Å²) in [5.41, 5.74) is 0.299. The SMILES string of the molecule is CN(C(=O)COC(C)(C)C)c1ccc(F)cc1. The van der Waals surface area contributed by atoms with Gasteiger partial charge in [-0.15, -0.1) is 0 Å². The number of halogens is 1. The average molecular weight is 239 g/mol. The molecule has 0 unspecified atom stereocenters. The van der Waals surface area contributed by atoms with Crippen molar-refractivity contribution in [1.82, 2.24) is 0 Å². The van der Waals surface area contributed by atoms with Gasteiger partial charge in [-0.1, -0.05) is 0 Å². The Morgan fingerprint density at radius 1 is 1.29 bits per heavy atom. The Bertz CT molecular complexity index is 381. The molecule has 1 aromatic rings. The van der Waals surface area contributed by atoms with Gasteiger partial charge < -0.3 is 9.64 Å². The zero-order valence-electron chi connectivity index (χ0n) is 10.7. The molecule has 0 fully saturated rings. The van der Waals surface area contributed by atoms with Gasteiger partial charge in [-0.2, -0.15) is 0 Å². The van der Waals surface area contributed by atoms with Crippen molar-refractivity contribution in [2.24, 2.45) is 0 Å². The number of nitrogens with zero attached hydrogens (tertiary/aromatic N) is 1. The van der Waals surface area contributed by atoms with Crippen molar-refractivity contribution in [1.29, 1.82) is 0 Å². The van der Waals surface area contributed by atoms with Crippen LogP contribution in [0, 0.1) is 5.82 Å². The van der Waals surface area contributed by atoms with Crippen molar-refractivity contribution in [2.45, 2.75) is 26.4 Å². The van der Waals surface area contributed by atoms with E-state index in [-0.39, 0.29) is 23.9 Å². The van der Waals surface area contributed by atoms with E-state index in [1.807, 2.05) is 20.8 Å². The van der Waals surface area contributed by atoms with E-state index < -0.39 is 0 Å². The van der Waals surface area contributed by atoms with Crippen molar-refractivity contribution in [3.63, 3.8) is 0 Å². The fourth-order valence-corrected chi connectivity index (χ4v) is 1.18. The topological polar surface area (TPSA) is 29.5 Å². The summed E-state index contributed by atoms with van der Waals surface area (Å²) in [7, 11) is 1.64. The molecule has 1 amide bonds. The number of hydrogen-bond donors (Lipinski definition) is 0. The maximum absolute atomic E-state index is 12.7. The number of hydrogen-bond acceptors (Lipinski definition) is 2. The Morgan fingerprint density at radius 3 is 2.29 bits per heavy atom. The zero-order valence-corrected chi connectivity index (χ0v) is 10.7. The maximum atomic E-state index is 12.7. The van der Waals surface area contributed by atoms with Crippen molar-refractivity contribution in [2.75, 3.05) is 18.6 Å². The first kappa shape index (κ1) is 13.6. The normalized spacial score (nSPS) is 11.4. The van der Waals surface area contributed by atoms with Crippen molar-refractivity contribution in [3.8, 4) is 0 Å². The Morgan fingerprint density at radius 2 is 1.82 bits per heavy atom. The molecule has 0 saturated heterocycles. The standard InChI is InChI=1S/C13H18FNO2/c1-13(2,3)17-9-12(16)15(4)11-7-5-10(14)6-8-11/h5-8H,9H2,1-4H3. The van der Waals surface area contributed by atoms with Gasteiger partial charge in [0.15, 0.2) is 0 Å². The lowest BCUT2D eigenvalue weighted by Crippen LogP contribution is -2.33. The maximum Gasteiger partial charge on any atom is 0.252 e. The Labute approximate surface area is 101 Å². The quantitative estimate of drug-likeness (QED) is 0.811. The minimum atomic E-state index is -0.348. The van der Waals surface area contributed by atoms with E-state index in [0.717, 1.165) is 0 Å². The molecule has 3 nitrogen and oxygen atoms in total. The van der Waals surface area contributed by atoms with E-state index in [0.29, 0.717) is 5.69 Å². The molecule has 0 aliphatic heterocycles. The molecule has 0 spiro atoms. The second kappa shape index (κ2) is 5.27. The van der Waals surface area contributed by atoms with Gasteiger partial charge in [0.1, 0.15) is 12.4 Å². The first-order valence-corrected chi connectivity index (χ1v) is 5.46. The highest BCUT2D eigenvalue weighted by Crippen LogP contribution is 2.14. The summed E-state index contributed by atoms with van der Waals surface area (Å²) in [6.07, 6.45) is 0. The molecular weight excluding hydrogens is 221 g/mol. The van der Waals surface area contributed by atoms with Crippen LogP contribution in [0.25, 0.3) is 0 Å². The fraction of sp³-hybridized carbons (Fsp3) is 0.462. The summed E-state index contributed by atoms with van der Waals surface area (Å²) in [5, 5.41) is 0. The van der Waals surface area contributed by atoms with Gasteiger partial charge in [0.05, 0.1) is 5.60 Å². The van der Waals surface area contributed by atoms with E-state index in [1.165, 1.54) is 17.0 Å². The van der Waals surface area contributed by atoms with Crippen LogP contribution in [0.5, 0.6) is 0 Å². The monoisotopic (exact) mass is 239 g/mol. The van der Waals surface area contributed by atoms with Crippen LogP contribution in [0.2, 0.25) is 0 Å². The molecule has 1 aromatic carbocycles. The molecule has 17 heavy (non-hydrogen) atoms. The van der Waals surface area contributed by atoms with Crippen molar-refractivity contribution >= 4 is 11.6 Å². The van der Waals surface area contributed by atoms with Crippen LogP contribution in [0.1, 0.15) is 20.8 Å². The summed E-state index contributed by atoms with van der Waals surface area (Å²) in [4.78, 5) is 13.2. The molecule has 0 radical (unpaired) electrons. The summed E-state index contributed by atoms with van der Waals surface area (Å²) < 4.78 is 18.1. The van der Waals surface area contributed by atoms with Crippen LogP contribution in [0.15, 0.2) is 24.3 Å². The van der Waals surface area contributed by atoms with Gasteiger partial charge in [0, 0.05) is 12.7 Å². The fourth-order valence-electron chi connectivity index (χ4n) is 1.18. The highest BCUT2D eigenvalue weighted by Gasteiger charge is 2.16. The predicted molar refractivity (Wildman–Crippen MR) is 65.5 cm³/mol. The van der Waals surface area contributed by atoms with Crippen molar-refractivity contribution in [3.05, 3.63) is 30.1 Å². The van der Waals surface area contributed by atoms with E-state index >= 15 is 0 Å². The third kappa shape index (κ3) is 4.53. The highest BCUT2D eigenvalue weighted by atomic mass is 19.1. The molecular formula is C13H18FNO2. The number of rotatable bonds is 3. The second-order valence-corrected chi connectivity index (χ2v) is 4.83. The number of ether oxygens (including phenoxy) is 1. The molecule has 0 bridgehead atoms. The van der Waals surface area contributed by atoms with Crippen molar-refractivity contribution < 1.29 is 13.9 Å². The third-order valence-electron chi connectivity index (χ3n) is 2.22. The highest BCUT2D eigenvalue weighted by molar-refractivity contribution is 5.93. The molecule has 0 aliphatic rings. The Hall–Kier alpha value is -1.42. The lowest BCUT2D eigenvalue weighted by molar-refractivity contribution is -0.127. The van der Waals surface area contributed by atoms with Gasteiger partial charge >= 0.3 is 0 Å². The summed E-state index contributed by atoms with van der Waals surface area (Å²) in [5.74, 6) is -0.480. The Kier molecular flexibility index (Phi) is 4.23. The largest absolute Gasteiger partial charge is 0.366 e. The van der Waals surface area contributed by atoms with Crippen LogP contribution < -0.4 is 4.90 Å². The van der Waals surface area contributed by atoms with Crippen LogP contribution >= 0.6 is 0 Å². The van der Waals surface area contributed by atoms with Gasteiger partial charge in [-0.3, -0.25) is 4.79 Å². The van der Waals surface area contributed by atoms with Gasteiger partial charge in [-0.25, -0.2) is 4.39 Å². The number of likely N-dealkylation sites (N-methyl/N-ethyl adjacent to an activating group) is 1. The molecule has 0 N–H and O–H groups in total. The van der Waals surface area contributed by atoms with E-state index in [9.17, 15) is 9.18 Å². The second-order valence-electron chi connectivity index (χ2n) is 4.83. The Balaban J connectivity index is 2.61. The first-order valence-electron chi connectivity index (χ1n) is 5.46. The van der Waals surface area contributed by atoms with E-state index in [4.69, 9.17) is 4.74 Å². The predicted octanol–water partition coefficient (Wildman–Crippen LogP) is 2.60. The lowest BCUT2D eigenvalue weighted by Gasteiger charge is -2.22. The number of carbonyl (C=O) groups is 1. The molecule has 1 rings (SSSR count). The van der Waals surface area contributed by atoms with Gasteiger partial charge in [0.25, 0.3) is 5.91 Å². The molecule has 0 atom stereocenters. The minimum Gasteiger partial charge on any atom is -0.366 e. The lowest BCUT2D eigenvalue weighted by atomic mass is 10.2. The minimum absolute atomic E-state index is 0.0113. The molecule has 4 heteroatoms. The molecule has 0 aromatic heterocycles. The zero-order chi connectivity index (χ0) is 13.1. The average Bonchev–Trinajstić information content (AvgIpc) is 2.25. The number of carbonyl (C=O) groups excluding carboxylic acids is 1. The third-order valence-corrected chi connectivity index (χ3v) is 2.22. The van der Waals surface area contributed by atoms with Crippen LogP contribution in [0.3, 0.4) is 0 Å². The number of benzene rings is 1. The van der Waals surface area contributed by atoms with E-state index in [2.05, 4.69) is 0 Å². The smallest absolute Gasteiger partial charge is 0.252 e. The molecule has 0 aliphatic carbocycles. The number of amides is 1. The molecule has 0 heterocycles. The summed E-state index contributed by atoms with van der Waals surface area (Å²) in [6.45, 7) is 5.67. The van der Waals surface area contributed by atoms with Gasteiger partial charge in [0.2, 0.25) is 0 Å². The first-order chi connectivity index (χ1) is 7.79. The van der Waals surface area contributed by atoms with Crippen LogP contribution in [-0.4, -0.2) is 25.2 Å². The number of anilines is 1. The molecule has 0 saturated carbocycles. The van der Waals surface area contributed by atoms with E-state index in [1.54, 1.807) is 19.2 Å². The summed E-state index contributed by atoms with van der Waals surface area (Å²) >= 11 is 0. The summed E-state index contributed by atoms with van der Waals surface area (Å²) in [6, 6.07) is 5.77. The molecule has 94 valence electrons.